The van der Waals surface area contributed by atoms with E-state index in [0.717, 1.165) is 28.3 Å². The molecule has 2 aromatic rings. The zero-order valence-corrected chi connectivity index (χ0v) is 13.1. The van der Waals surface area contributed by atoms with Gasteiger partial charge in [-0.15, -0.1) is 0 Å². The molecule has 0 atom stereocenters. The number of hydrogen-bond donors (Lipinski definition) is 0. The van der Waals surface area contributed by atoms with E-state index in [0.29, 0.717) is 13.1 Å². The largest absolute Gasteiger partial charge is 0.444 e. The van der Waals surface area contributed by atoms with Crippen molar-refractivity contribution in [2.24, 2.45) is 0 Å². The van der Waals surface area contributed by atoms with Gasteiger partial charge < -0.3 is 4.74 Å². The van der Waals surface area contributed by atoms with Gasteiger partial charge in [-0.25, -0.2) is 14.3 Å². The summed E-state index contributed by atoms with van der Waals surface area (Å²) in [4.78, 5) is 18.3. The molecule has 1 aliphatic rings. The van der Waals surface area contributed by atoms with E-state index in [1.54, 1.807) is 4.90 Å². The van der Waals surface area contributed by atoms with Crippen molar-refractivity contribution in [3.63, 3.8) is 0 Å². The van der Waals surface area contributed by atoms with Gasteiger partial charge in [0.2, 0.25) is 0 Å². The van der Waals surface area contributed by atoms with Crippen molar-refractivity contribution in [1.29, 1.82) is 0 Å². The van der Waals surface area contributed by atoms with Crippen LogP contribution in [-0.4, -0.2) is 31.2 Å². The third-order valence-electron chi connectivity index (χ3n) is 3.51. The Balaban J connectivity index is 1.95. The van der Waals surface area contributed by atoms with Crippen LogP contribution < -0.4 is 0 Å². The van der Waals surface area contributed by atoms with Crippen LogP contribution in [0.4, 0.5) is 4.79 Å². The first kappa shape index (κ1) is 13.9. The average Bonchev–Trinajstić information content (AvgIpc) is 2.89. The van der Waals surface area contributed by atoms with Gasteiger partial charge in [-0.3, -0.25) is 4.90 Å². The maximum atomic E-state index is 12.2. The molecule has 0 aliphatic carbocycles. The Morgan fingerprint density at radius 1 is 1.29 bits per heavy atom. The van der Waals surface area contributed by atoms with Gasteiger partial charge in [-0.2, -0.15) is 5.10 Å². The molecule has 21 heavy (non-hydrogen) atoms. The fourth-order valence-electron chi connectivity index (χ4n) is 2.62. The first-order valence-electron chi connectivity index (χ1n) is 7.07. The van der Waals surface area contributed by atoms with Crippen molar-refractivity contribution in [1.82, 2.24) is 19.5 Å². The average molecular weight is 288 g/mol. The predicted octanol–water partition coefficient (Wildman–Crippen LogP) is 2.60. The van der Waals surface area contributed by atoms with Crippen LogP contribution >= 0.6 is 0 Å². The van der Waals surface area contributed by atoms with Crippen molar-refractivity contribution in [2.75, 3.05) is 0 Å². The van der Waals surface area contributed by atoms with E-state index in [-0.39, 0.29) is 6.09 Å². The van der Waals surface area contributed by atoms with Crippen LogP contribution in [0.1, 0.15) is 43.4 Å². The number of fused-ring (bicyclic) bond motifs is 3. The van der Waals surface area contributed by atoms with Crippen molar-refractivity contribution in [2.45, 2.75) is 53.3 Å². The second kappa shape index (κ2) is 4.44. The number of pyridine rings is 1. The SMILES string of the molecule is Cc1nc2cc(C)c3c(n2n1)CN(C(=O)OC(C)(C)C)C3. The van der Waals surface area contributed by atoms with Gasteiger partial charge in [-0.05, 0) is 51.8 Å². The molecule has 0 radical (unpaired) electrons. The Hall–Kier alpha value is -2.11. The smallest absolute Gasteiger partial charge is 0.410 e. The summed E-state index contributed by atoms with van der Waals surface area (Å²) in [6, 6.07) is 2.01. The van der Waals surface area contributed by atoms with Gasteiger partial charge in [0.05, 0.1) is 18.8 Å². The summed E-state index contributed by atoms with van der Waals surface area (Å²) in [6.45, 7) is 10.6. The lowest BCUT2D eigenvalue weighted by Gasteiger charge is -2.24. The van der Waals surface area contributed by atoms with Crippen molar-refractivity contribution in [3.05, 3.63) is 28.7 Å². The van der Waals surface area contributed by atoms with E-state index in [4.69, 9.17) is 4.74 Å². The molecule has 1 aliphatic heterocycles. The quantitative estimate of drug-likeness (QED) is 0.747. The zero-order valence-electron chi connectivity index (χ0n) is 13.1. The summed E-state index contributed by atoms with van der Waals surface area (Å²) in [7, 11) is 0. The van der Waals surface area contributed by atoms with Crippen LogP contribution in [-0.2, 0) is 17.8 Å². The monoisotopic (exact) mass is 288 g/mol. The lowest BCUT2D eigenvalue weighted by Crippen LogP contribution is -2.33. The topological polar surface area (TPSA) is 59.7 Å². The van der Waals surface area contributed by atoms with E-state index in [9.17, 15) is 4.79 Å². The Kier molecular flexibility index (Phi) is 2.93. The molecule has 6 nitrogen and oxygen atoms in total. The predicted molar refractivity (Wildman–Crippen MR) is 77.9 cm³/mol. The molecule has 112 valence electrons. The number of rotatable bonds is 0. The van der Waals surface area contributed by atoms with Gasteiger partial charge in [0.1, 0.15) is 11.4 Å². The minimum absolute atomic E-state index is 0.289. The van der Waals surface area contributed by atoms with Crippen LogP contribution in [0, 0.1) is 13.8 Å². The van der Waals surface area contributed by atoms with E-state index in [1.807, 2.05) is 45.2 Å². The van der Waals surface area contributed by atoms with Gasteiger partial charge in [-0.1, -0.05) is 0 Å². The summed E-state index contributed by atoms with van der Waals surface area (Å²) in [5.41, 5.74) is 3.64. The second-order valence-electron chi connectivity index (χ2n) is 6.52. The van der Waals surface area contributed by atoms with Crippen molar-refractivity contribution >= 4 is 11.7 Å². The highest BCUT2D eigenvalue weighted by molar-refractivity contribution is 5.69. The lowest BCUT2D eigenvalue weighted by molar-refractivity contribution is 0.0240. The van der Waals surface area contributed by atoms with Crippen molar-refractivity contribution < 1.29 is 9.53 Å². The molecule has 6 heteroatoms. The molecule has 0 saturated heterocycles. The maximum absolute atomic E-state index is 12.2. The Morgan fingerprint density at radius 3 is 2.67 bits per heavy atom. The molecule has 0 unspecified atom stereocenters. The third kappa shape index (κ3) is 2.46. The molecule has 3 rings (SSSR count). The minimum Gasteiger partial charge on any atom is -0.444 e. The number of nitrogens with zero attached hydrogens (tertiary/aromatic N) is 4. The Bertz CT molecular complexity index is 727. The fraction of sp³-hybridized carbons (Fsp3) is 0.533. The number of aromatic nitrogens is 3. The minimum atomic E-state index is -0.486. The van der Waals surface area contributed by atoms with Crippen LogP contribution in [0.25, 0.3) is 5.65 Å². The zero-order chi connectivity index (χ0) is 15.4. The van der Waals surface area contributed by atoms with Crippen LogP contribution in [0.2, 0.25) is 0 Å². The third-order valence-corrected chi connectivity index (χ3v) is 3.51. The second-order valence-corrected chi connectivity index (χ2v) is 6.52. The molecular weight excluding hydrogens is 268 g/mol. The van der Waals surface area contributed by atoms with E-state index in [2.05, 4.69) is 10.1 Å². The number of carbonyl (C=O) groups excluding carboxylic acids is 1. The van der Waals surface area contributed by atoms with E-state index in [1.165, 1.54) is 0 Å². The Morgan fingerprint density at radius 2 is 2.00 bits per heavy atom. The molecule has 0 saturated carbocycles. The van der Waals surface area contributed by atoms with Gasteiger partial charge >= 0.3 is 6.09 Å². The van der Waals surface area contributed by atoms with Crippen LogP contribution in [0.15, 0.2) is 6.07 Å². The summed E-state index contributed by atoms with van der Waals surface area (Å²) in [5.74, 6) is 0.735. The fourth-order valence-corrected chi connectivity index (χ4v) is 2.62. The molecule has 3 heterocycles. The van der Waals surface area contributed by atoms with Crippen LogP contribution in [0.5, 0.6) is 0 Å². The first-order chi connectivity index (χ1) is 9.74. The highest BCUT2D eigenvalue weighted by Gasteiger charge is 2.30. The molecule has 0 aromatic carbocycles. The normalized spacial score (nSPS) is 14.6. The maximum Gasteiger partial charge on any atom is 0.410 e. The molecule has 1 amide bonds. The lowest BCUT2D eigenvalue weighted by atomic mass is 10.1. The van der Waals surface area contributed by atoms with Gasteiger partial charge in [0.15, 0.2) is 5.65 Å². The standard InChI is InChI=1S/C15H20N4O2/c1-9-6-13-16-10(2)17-19(13)12-8-18(7-11(9)12)14(20)21-15(3,4)5/h6H,7-8H2,1-5H3. The molecule has 0 fully saturated rings. The van der Waals surface area contributed by atoms with E-state index < -0.39 is 5.60 Å². The van der Waals surface area contributed by atoms with Gasteiger partial charge in [0.25, 0.3) is 0 Å². The number of amides is 1. The highest BCUT2D eigenvalue weighted by atomic mass is 16.6. The van der Waals surface area contributed by atoms with Gasteiger partial charge in [0, 0.05) is 0 Å². The molecule has 0 spiro atoms. The summed E-state index contributed by atoms with van der Waals surface area (Å²) >= 11 is 0. The summed E-state index contributed by atoms with van der Waals surface area (Å²) in [5, 5.41) is 4.42. The van der Waals surface area contributed by atoms with Crippen molar-refractivity contribution in [3.8, 4) is 0 Å². The number of ether oxygens (including phenoxy) is 1. The number of aryl methyl sites for hydroxylation is 2. The van der Waals surface area contributed by atoms with E-state index >= 15 is 0 Å². The number of hydrogen-bond acceptors (Lipinski definition) is 4. The first-order valence-corrected chi connectivity index (χ1v) is 7.07. The highest BCUT2D eigenvalue weighted by Crippen LogP contribution is 2.28. The molecule has 0 N–H and O–H groups in total. The molecular formula is C15H20N4O2. The molecule has 2 aromatic heterocycles. The number of carbonyl (C=O) groups is 1. The molecule has 0 bridgehead atoms. The summed E-state index contributed by atoms with van der Waals surface area (Å²) in [6.07, 6.45) is -0.289. The van der Waals surface area contributed by atoms with Crippen LogP contribution in [0.3, 0.4) is 0 Å². The Labute approximate surface area is 123 Å². The summed E-state index contributed by atoms with van der Waals surface area (Å²) < 4.78 is 7.29.